The van der Waals surface area contributed by atoms with Gasteiger partial charge < -0.3 is 14.0 Å². The van der Waals surface area contributed by atoms with Crippen LogP contribution in [-0.4, -0.2) is 29.7 Å². The highest BCUT2D eigenvalue weighted by molar-refractivity contribution is 5.97. The Hall–Kier alpha value is -1.78. The molecule has 16 heavy (non-hydrogen) atoms. The SMILES string of the molecule is CCOC(=O)C(C(=O)OCC)n1cccc1. The van der Waals surface area contributed by atoms with Gasteiger partial charge in [0.1, 0.15) is 0 Å². The Bertz CT molecular complexity index is 327. The van der Waals surface area contributed by atoms with Crippen molar-refractivity contribution in [1.29, 1.82) is 0 Å². The van der Waals surface area contributed by atoms with E-state index >= 15 is 0 Å². The zero-order valence-electron chi connectivity index (χ0n) is 9.38. The number of nitrogens with zero attached hydrogens (tertiary/aromatic N) is 1. The van der Waals surface area contributed by atoms with Gasteiger partial charge in [-0.2, -0.15) is 0 Å². The van der Waals surface area contributed by atoms with Crippen LogP contribution in [0.25, 0.3) is 0 Å². The van der Waals surface area contributed by atoms with Gasteiger partial charge in [0.2, 0.25) is 6.04 Å². The van der Waals surface area contributed by atoms with Gasteiger partial charge in [-0.3, -0.25) is 0 Å². The molecule has 1 aromatic heterocycles. The van der Waals surface area contributed by atoms with Crippen molar-refractivity contribution in [2.75, 3.05) is 13.2 Å². The highest BCUT2D eigenvalue weighted by Crippen LogP contribution is 2.11. The van der Waals surface area contributed by atoms with Crippen molar-refractivity contribution in [1.82, 2.24) is 4.57 Å². The Labute approximate surface area is 94.0 Å². The number of aromatic nitrogens is 1. The number of ether oxygens (including phenoxy) is 2. The lowest BCUT2D eigenvalue weighted by molar-refractivity contribution is -0.160. The minimum absolute atomic E-state index is 0.232. The third-order valence-corrected chi connectivity index (χ3v) is 1.95. The van der Waals surface area contributed by atoms with Crippen LogP contribution in [0.4, 0.5) is 0 Å². The fraction of sp³-hybridized carbons (Fsp3) is 0.455. The van der Waals surface area contributed by atoms with E-state index in [9.17, 15) is 9.59 Å². The number of carbonyl (C=O) groups is 2. The smallest absolute Gasteiger partial charge is 0.340 e. The van der Waals surface area contributed by atoms with E-state index in [1.165, 1.54) is 4.57 Å². The molecule has 0 aliphatic rings. The minimum atomic E-state index is -1.05. The summed E-state index contributed by atoms with van der Waals surface area (Å²) in [5.74, 6) is -1.20. The van der Waals surface area contributed by atoms with Gasteiger partial charge in [0.05, 0.1) is 13.2 Å². The summed E-state index contributed by atoms with van der Waals surface area (Å²) >= 11 is 0. The van der Waals surface area contributed by atoms with Crippen LogP contribution in [0.3, 0.4) is 0 Å². The van der Waals surface area contributed by atoms with Crippen molar-refractivity contribution >= 4 is 11.9 Å². The molecule has 0 aliphatic heterocycles. The summed E-state index contributed by atoms with van der Waals surface area (Å²) in [6.07, 6.45) is 3.25. The highest BCUT2D eigenvalue weighted by Gasteiger charge is 2.30. The van der Waals surface area contributed by atoms with Gasteiger partial charge in [0.15, 0.2) is 0 Å². The van der Waals surface area contributed by atoms with E-state index in [0.717, 1.165) is 0 Å². The molecule has 0 fully saturated rings. The Balaban J connectivity index is 2.85. The van der Waals surface area contributed by atoms with Crippen molar-refractivity contribution in [3.8, 4) is 0 Å². The normalized spacial score (nSPS) is 10.2. The molecule has 0 saturated carbocycles. The molecule has 0 unspecified atom stereocenters. The number of rotatable bonds is 5. The first kappa shape index (κ1) is 12.3. The molecular weight excluding hydrogens is 210 g/mol. The molecular formula is C11H15NO4. The quantitative estimate of drug-likeness (QED) is 0.557. The minimum Gasteiger partial charge on any atom is -0.464 e. The molecule has 1 aromatic rings. The van der Waals surface area contributed by atoms with Crippen LogP contribution < -0.4 is 0 Å². The van der Waals surface area contributed by atoms with E-state index in [2.05, 4.69) is 0 Å². The summed E-state index contributed by atoms with van der Waals surface area (Å²) in [6, 6.07) is 2.41. The predicted molar refractivity (Wildman–Crippen MR) is 56.7 cm³/mol. The summed E-state index contributed by atoms with van der Waals surface area (Å²) < 4.78 is 11.1. The standard InChI is InChI=1S/C11H15NO4/c1-3-15-10(13)9(11(14)16-4-2)12-7-5-6-8-12/h5-9H,3-4H2,1-2H3. The maximum atomic E-state index is 11.6. The summed E-state index contributed by atoms with van der Waals surface area (Å²) in [5, 5.41) is 0. The van der Waals surface area contributed by atoms with Gasteiger partial charge in [-0.05, 0) is 26.0 Å². The molecule has 0 aromatic carbocycles. The lowest BCUT2D eigenvalue weighted by Gasteiger charge is -2.15. The van der Waals surface area contributed by atoms with Crippen LogP contribution in [-0.2, 0) is 19.1 Å². The average molecular weight is 225 g/mol. The van der Waals surface area contributed by atoms with Gasteiger partial charge in [0.25, 0.3) is 0 Å². The predicted octanol–water partition coefficient (Wildman–Crippen LogP) is 1.16. The van der Waals surface area contributed by atoms with Gasteiger partial charge >= 0.3 is 11.9 Å². The summed E-state index contributed by atoms with van der Waals surface area (Å²) in [5.41, 5.74) is 0. The second-order valence-corrected chi connectivity index (χ2v) is 3.04. The summed E-state index contributed by atoms with van der Waals surface area (Å²) in [4.78, 5) is 23.2. The number of esters is 2. The number of hydrogen-bond acceptors (Lipinski definition) is 4. The second-order valence-electron chi connectivity index (χ2n) is 3.04. The molecule has 88 valence electrons. The number of carbonyl (C=O) groups excluding carboxylic acids is 2. The van der Waals surface area contributed by atoms with E-state index in [1.807, 2.05) is 0 Å². The van der Waals surface area contributed by atoms with E-state index in [1.54, 1.807) is 38.4 Å². The maximum Gasteiger partial charge on any atom is 0.340 e. The Morgan fingerprint density at radius 1 is 1.06 bits per heavy atom. The van der Waals surface area contributed by atoms with Crippen LogP contribution in [0.5, 0.6) is 0 Å². The van der Waals surface area contributed by atoms with E-state index in [4.69, 9.17) is 9.47 Å². The molecule has 5 heteroatoms. The van der Waals surface area contributed by atoms with Crippen LogP contribution in [0.1, 0.15) is 19.9 Å². The van der Waals surface area contributed by atoms with Gasteiger partial charge in [-0.15, -0.1) is 0 Å². The van der Waals surface area contributed by atoms with Gasteiger partial charge in [-0.1, -0.05) is 0 Å². The molecule has 0 radical (unpaired) electrons. The molecule has 0 saturated heterocycles. The van der Waals surface area contributed by atoms with Crippen LogP contribution >= 0.6 is 0 Å². The van der Waals surface area contributed by atoms with Crippen LogP contribution in [0.15, 0.2) is 24.5 Å². The molecule has 5 nitrogen and oxygen atoms in total. The number of hydrogen-bond donors (Lipinski definition) is 0. The van der Waals surface area contributed by atoms with Crippen LogP contribution in [0.2, 0.25) is 0 Å². The Morgan fingerprint density at radius 3 is 1.88 bits per heavy atom. The monoisotopic (exact) mass is 225 g/mol. The van der Waals surface area contributed by atoms with Crippen molar-refractivity contribution in [3.63, 3.8) is 0 Å². The van der Waals surface area contributed by atoms with Gasteiger partial charge in [0, 0.05) is 12.4 Å². The molecule has 1 rings (SSSR count). The molecule has 0 aliphatic carbocycles. The van der Waals surface area contributed by atoms with Crippen LogP contribution in [0, 0.1) is 0 Å². The third-order valence-electron chi connectivity index (χ3n) is 1.95. The zero-order chi connectivity index (χ0) is 12.0. The second kappa shape index (κ2) is 5.95. The topological polar surface area (TPSA) is 57.5 Å². The zero-order valence-corrected chi connectivity index (χ0v) is 9.38. The first-order valence-electron chi connectivity index (χ1n) is 5.16. The molecule has 1 heterocycles. The van der Waals surface area contributed by atoms with E-state index in [-0.39, 0.29) is 13.2 Å². The molecule has 0 amide bonds. The highest BCUT2D eigenvalue weighted by atomic mass is 16.6. The lowest BCUT2D eigenvalue weighted by Crippen LogP contribution is -2.30. The molecule has 0 N–H and O–H groups in total. The largest absolute Gasteiger partial charge is 0.464 e. The Kier molecular flexibility index (Phi) is 4.57. The lowest BCUT2D eigenvalue weighted by atomic mass is 10.3. The third kappa shape index (κ3) is 2.85. The first-order chi connectivity index (χ1) is 7.70. The fourth-order valence-electron chi connectivity index (χ4n) is 1.30. The molecule has 0 spiro atoms. The van der Waals surface area contributed by atoms with Gasteiger partial charge in [-0.25, -0.2) is 9.59 Å². The van der Waals surface area contributed by atoms with E-state index < -0.39 is 18.0 Å². The maximum absolute atomic E-state index is 11.6. The summed E-state index contributed by atoms with van der Waals surface area (Å²) in [7, 11) is 0. The first-order valence-corrected chi connectivity index (χ1v) is 5.16. The van der Waals surface area contributed by atoms with Crippen molar-refractivity contribution in [3.05, 3.63) is 24.5 Å². The fourth-order valence-corrected chi connectivity index (χ4v) is 1.30. The van der Waals surface area contributed by atoms with Crippen molar-refractivity contribution in [2.24, 2.45) is 0 Å². The average Bonchev–Trinajstić information content (AvgIpc) is 2.72. The van der Waals surface area contributed by atoms with Crippen molar-refractivity contribution in [2.45, 2.75) is 19.9 Å². The molecule has 0 atom stereocenters. The molecule has 0 bridgehead atoms. The summed E-state index contributed by atoms with van der Waals surface area (Å²) in [6.45, 7) is 3.84. The Morgan fingerprint density at radius 2 is 1.50 bits per heavy atom. The van der Waals surface area contributed by atoms with E-state index in [0.29, 0.717) is 0 Å². The van der Waals surface area contributed by atoms with Crippen molar-refractivity contribution < 1.29 is 19.1 Å².